The van der Waals surface area contributed by atoms with Crippen molar-refractivity contribution in [2.75, 3.05) is 13.1 Å². The van der Waals surface area contributed by atoms with E-state index in [4.69, 9.17) is 5.73 Å². The summed E-state index contributed by atoms with van der Waals surface area (Å²) in [6, 6.07) is 0. The smallest absolute Gasteiger partial charge is 0.244 e. The first-order valence-corrected chi connectivity index (χ1v) is 6.64. The molecule has 1 amide bonds. The Morgan fingerprint density at radius 3 is 2.50 bits per heavy atom. The van der Waals surface area contributed by atoms with Gasteiger partial charge in [0.1, 0.15) is 6.54 Å². The van der Waals surface area contributed by atoms with Crippen LogP contribution in [0.15, 0.2) is 0 Å². The Kier molecular flexibility index (Phi) is 4.01. The quantitative estimate of drug-likeness (QED) is 0.869. The summed E-state index contributed by atoms with van der Waals surface area (Å²) in [7, 11) is 0. The van der Waals surface area contributed by atoms with Gasteiger partial charge in [-0.05, 0) is 33.1 Å². The van der Waals surface area contributed by atoms with Crippen molar-refractivity contribution in [3.05, 3.63) is 17.0 Å². The molecular weight excluding hydrogens is 228 g/mol. The van der Waals surface area contributed by atoms with Crippen LogP contribution in [0.3, 0.4) is 0 Å². The molecule has 18 heavy (non-hydrogen) atoms. The predicted molar refractivity (Wildman–Crippen MR) is 70.0 cm³/mol. The molecule has 1 fully saturated rings. The summed E-state index contributed by atoms with van der Waals surface area (Å²) < 4.78 is 1.79. The maximum atomic E-state index is 12.2. The Hall–Kier alpha value is -1.36. The fourth-order valence-electron chi connectivity index (χ4n) is 2.55. The number of aryl methyl sites for hydroxylation is 1. The number of rotatable bonds is 3. The molecule has 0 saturated carbocycles. The van der Waals surface area contributed by atoms with Crippen molar-refractivity contribution in [2.24, 2.45) is 5.73 Å². The molecule has 5 heteroatoms. The Morgan fingerprint density at radius 2 is 1.94 bits per heavy atom. The Morgan fingerprint density at radius 1 is 1.28 bits per heavy atom. The lowest BCUT2D eigenvalue weighted by Gasteiger charge is -2.26. The number of likely N-dealkylation sites (tertiary alicyclic amines) is 1. The summed E-state index contributed by atoms with van der Waals surface area (Å²) >= 11 is 0. The minimum Gasteiger partial charge on any atom is -0.341 e. The molecule has 1 aliphatic heterocycles. The lowest BCUT2D eigenvalue weighted by atomic mass is 10.1. The average molecular weight is 250 g/mol. The first kappa shape index (κ1) is 13.1. The number of hydrogen-bond donors (Lipinski definition) is 1. The van der Waals surface area contributed by atoms with E-state index in [1.54, 1.807) is 4.68 Å². The molecule has 0 aromatic carbocycles. The van der Waals surface area contributed by atoms with Gasteiger partial charge in [0.15, 0.2) is 0 Å². The molecule has 5 nitrogen and oxygen atoms in total. The van der Waals surface area contributed by atoms with E-state index in [1.807, 2.05) is 18.7 Å². The molecule has 0 atom stereocenters. The number of carbonyl (C=O) groups is 1. The average Bonchev–Trinajstić information content (AvgIpc) is 2.65. The van der Waals surface area contributed by atoms with Gasteiger partial charge in [-0.1, -0.05) is 0 Å². The number of carbonyl (C=O) groups excluding carboxylic acids is 1. The van der Waals surface area contributed by atoms with E-state index in [9.17, 15) is 4.79 Å². The first-order chi connectivity index (χ1) is 8.63. The molecule has 2 rings (SSSR count). The number of aromatic nitrogens is 2. The van der Waals surface area contributed by atoms with E-state index in [1.165, 1.54) is 6.42 Å². The van der Waals surface area contributed by atoms with Crippen molar-refractivity contribution < 1.29 is 4.79 Å². The zero-order chi connectivity index (χ0) is 13.1. The van der Waals surface area contributed by atoms with E-state index in [0.717, 1.165) is 42.9 Å². The van der Waals surface area contributed by atoms with Gasteiger partial charge in [0.05, 0.1) is 5.69 Å². The third-order valence-corrected chi connectivity index (χ3v) is 3.73. The topological polar surface area (TPSA) is 64.2 Å². The van der Waals surface area contributed by atoms with Crippen LogP contribution in [-0.4, -0.2) is 33.7 Å². The van der Waals surface area contributed by atoms with Gasteiger partial charge in [-0.25, -0.2) is 0 Å². The van der Waals surface area contributed by atoms with Crippen LogP contribution in [0.2, 0.25) is 0 Å². The number of piperidine rings is 1. The normalized spacial score (nSPS) is 16.1. The molecule has 0 spiro atoms. The molecule has 0 bridgehead atoms. The van der Waals surface area contributed by atoms with Crippen molar-refractivity contribution in [3.8, 4) is 0 Å². The molecule has 2 N–H and O–H groups in total. The van der Waals surface area contributed by atoms with Gasteiger partial charge in [0.2, 0.25) is 5.91 Å². The monoisotopic (exact) mass is 250 g/mol. The lowest BCUT2D eigenvalue weighted by molar-refractivity contribution is -0.132. The standard InChI is InChI=1S/C13H22N4O/c1-10-12(8-14)11(2)17(15-10)9-13(18)16-6-4-3-5-7-16/h3-9,14H2,1-2H3. The summed E-state index contributed by atoms with van der Waals surface area (Å²) in [6.45, 7) is 6.52. The highest BCUT2D eigenvalue weighted by molar-refractivity contribution is 5.76. The highest BCUT2D eigenvalue weighted by atomic mass is 16.2. The maximum absolute atomic E-state index is 12.2. The maximum Gasteiger partial charge on any atom is 0.244 e. The summed E-state index contributed by atoms with van der Waals surface area (Å²) in [5.74, 6) is 0.170. The summed E-state index contributed by atoms with van der Waals surface area (Å²) in [5, 5.41) is 4.40. The van der Waals surface area contributed by atoms with Crippen molar-refractivity contribution >= 4 is 5.91 Å². The fourth-order valence-corrected chi connectivity index (χ4v) is 2.55. The number of hydrogen-bond acceptors (Lipinski definition) is 3. The zero-order valence-electron chi connectivity index (χ0n) is 11.3. The minimum atomic E-state index is 0.170. The third-order valence-electron chi connectivity index (χ3n) is 3.73. The molecular formula is C13H22N4O. The zero-order valence-corrected chi connectivity index (χ0v) is 11.3. The molecule has 2 heterocycles. The fraction of sp³-hybridized carbons (Fsp3) is 0.692. The van der Waals surface area contributed by atoms with Gasteiger partial charge in [-0.15, -0.1) is 0 Å². The van der Waals surface area contributed by atoms with Crippen molar-refractivity contribution in [3.63, 3.8) is 0 Å². The van der Waals surface area contributed by atoms with Crippen molar-refractivity contribution in [1.82, 2.24) is 14.7 Å². The van der Waals surface area contributed by atoms with E-state index in [2.05, 4.69) is 5.10 Å². The number of amides is 1. The van der Waals surface area contributed by atoms with Crippen LogP contribution in [0, 0.1) is 13.8 Å². The van der Waals surface area contributed by atoms with Crippen LogP contribution in [0.1, 0.15) is 36.2 Å². The third kappa shape index (κ3) is 2.56. The van der Waals surface area contributed by atoms with Crippen LogP contribution < -0.4 is 5.73 Å². The van der Waals surface area contributed by atoms with Gasteiger partial charge in [-0.3, -0.25) is 9.48 Å². The molecule has 1 aliphatic rings. The van der Waals surface area contributed by atoms with Crippen LogP contribution in [0.25, 0.3) is 0 Å². The molecule has 100 valence electrons. The lowest BCUT2D eigenvalue weighted by Crippen LogP contribution is -2.38. The number of nitrogens with two attached hydrogens (primary N) is 1. The SMILES string of the molecule is Cc1nn(CC(=O)N2CCCCC2)c(C)c1CN. The number of nitrogens with zero attached hydrogens (tertiary/aromatic N) is 3. The second kappa shape index (κ2) is 5.52. The van der Waals surface area contributed by atoms with Crippen molar-refractivity contribution in [2.45, 2.75) is 46.2 Å². The van der Waals surface area contributed by atoms with Gasteiger partial charge in [-0.2, -0.15) is 5.10 Å². The second-order valence-electron chi connectivity index (χ2n) is 4.95. The summed E-state index contributed by atoms with van der Waals surface area (Å²) in [6.07, 6.45) is 3.48. The Bertz CT molecular complexity index is 432. The molecule has 1 aromatic heterocycles. The van der Waals surface area contributed by atoms with Gasteiger partial charge >= 0.3 is 0 Å². The van der Waals surface area contributed by atoms with E-state index >= 15 is 0 Å². The minimum absolute atomic E-state index is 0.170. The molecule has 1 aromatic rings. The Labute approximate surface area is 108 Å². The van der Waals surface area contributed by atoms with Gasteiger partial charge in [0.25, 0.3) is 0 Å². The van der Waals surface area contributed by atoms with Crippen LogP contribution in [0.4, 0.5) is 0 Å². The molecule has 0 radical (unpaired) electrons. The van der Waals surface area contributed by atoms with Crippen LogP contribution in [-0.2, 0) is 17.9 Å². The molecule has 1 saturated heterocycles. The van der Waals surface area contributed by atoms with Gasteiger partial charge < -0.3 is 10.6 Å². The molecule has 0 aliphatic carbocycles. The summed E-state index contributed by atoms with van der Waals surface area (Å²) in [4.78, 5) is 14.1. The van der Waals surface area contributed by atoms with E-state index in [0.29, 0.717) is 13.1 Å². The predicted octanol–water partition coefficient (Wildman–Crippen LogP) is 0.971. The van der Waals surface area contributed by atoms with Gasteiger partial charge in [0, 0.05) is 30.9 Å². The summed E-state index contributed by atoms with van der Waals surface area (Å²) in [5.41, 5.74) is 8.69. The van der Waals surface area contributed by atoms with E-state index in [-0.39, 0.29) is 5.91 Å². The highest BCUT2D eigenvalue weighted by Crippen LogP contribution is 2.14. The first-order valence-electron chi connectivity index (χ1n) is 6.64. The van der Waals surface area contributed by atoms with Crippen molar-refractivity contribution in [1.29, 1.82) is 0 Å². The van der Waals surface area contributed by atoms with Crippen LogP contribution in [0.5, 0.6) is 0 Å². The largest absolute Gasteiger partial charge is 0.341 e. The van der Waals surface area contributed by atoms with Crippen LogP contribution >= 0.6 is 0 Å². The van der Waals surface area contributed by atoms with E-state index < -0.39 is 0 Å². The highest BCUT2D eigenvalue weighted by Gasteiger charge is 2.19. The second-order valence-corrected chi connectivity index (χ2v) is 4.95. The molecule has 0 unspecified atom stereocenters. The Balaban J connectivity index is 2.06.